The van der Waals surface area contributed by atoms with E-state index in [1.165, 1.54) is 10.5 Å². The molecular weight excluding hydrogens is 354 g/mol. The fourth-order valence-electron chi connectivity index (χ4n) is 2.84. The summed E-state index contributed by atoms with van der Waals surface area (Å²) in [7, 11) is 0. The van der Waals surface area contributed by atoms with Crippen LogP contribution in [0.2, 0.25) is 0 Å². The molecule has 0 aliphatic heterocycles. The van der Waals surface area contributed by atoms with E-state index in [-0.39, 0.29) is 5.91 Å². The van der Waals surface area contributed by atoms with Crippen LogP contribution in [0.15, 0.2) is 47.4 Å². The number of thioether (sulfide) groups is 1. The van der Waals surface area contributed by atoms with Crippen LogP contribution in [0.25, 0.3) is 0 Å². The van der Waals surface area contributed by atoms with Crippen LogP contribution in [0.4, 0.5) is 0 Å². The lowest BCUT2D eigenvalue weighted by molar-refractivity contribution is -0.130. The topological polar surface area (TPSA) is 38.3 Å². The number of ether oxygens (including phenoxy) is 1. The molecular formula is C23H31NO2S. The van der Waals surface area contributed by atoms with Crippen LogP contribution in [0.5, 0.6) is 5.75 Å². The zero-order chi connectivity index (χ0) is 19.9. The Kier molecular flexibility index (Phi) is 7.78. The normalized spacial score (nSPS) is 11.3. The van der Waals surface area contributed by atoms with Crippen molar-refractivity contribution in [3.05, 3.63) is 59.2 Å². The van der Waals surface area contributed by atoms with Crippen molar-refractivity contribution < 1.29 is 9.53 Å². The Bertz CT molecular complexity index is 753. The number of carbonyl (C=O) groups is 1. The van der Waals surface area contributed by atoms with Gasteiger partial charge in [-0.25, -0.2) is 0 Å². The predicted octanol–water partition coefficient (Wildman–Crippen LogP) is 5.53. The second kappa shape index (κ2) is 9.84. The maximum absolute atomic E-state index is 12.6. The van der Waals surface area contributed by atoms with Crippen molar-refractivity contribution in [2.45, 2.75) is 52.0 Å². The molecule has 0 aliphatic carbocycles. The molecule has 0 heterocycles. The summed E-state index contributed by atoms with van der Waals surface area (Å²) < 4.78 is 5.91. The molecule has 3 nitrogen and oxygen atoms in total. The lowest BCUT2D eigenvalue weighted by Crippen LogP contribution is -2.36. The molecule has 0 radical (unpaired) electrons. The number of rotatable bonds is 9. The lowest BCUT2D eigenvalue weighted by Gasteiger charge is -2.23. The van der Waals surface area contributed by atoms with Crippen molar-refractivity contribution in [2.24, 2.45) is 5.41 Å². The van der Waals surface area contributed by atoms with E-state index in [4.69, 9.17) is 4.74 Å². The minimum absolute atomic E-state index is 0.0863. The van der Waals surface area contributed by atoms with Gasteiger partial charge in [0.1, 0.15) is 5.75 Å². The molecule has 0 atom stereocenters. The van der Waals surface area contributed by atoms with Crippen LogP contribution in [0.1, 0.15) is 43.4 Å². The van der Waals surface area contributed by atoms with Crippen LogP contribution in [0.3, 0.4) is 0 Å². The van der Waals surface area contributed by atoms with Gasteiger partial charge in [-0.3, -0.25) is 4.79 Å². The Hall–Kier alpha value is -1.94. The van der Waals surface area contributed by atoms with Crippen molar-refractivity contribution in [3.63, 3.8) is 0 Å². The summed E-state index contributed by atoms with van der Waals surface area (Å²) in [5, 5.41) is 3.07. The molecule has 27 heavy (non-hydrogen) atoms. The molecule has 0 saturated carbocycles. The summed E-state index contributed by atoms with van der Waals surface area (Å²) in [4.78, 5) is 13.8. The SMILES string of the molecule is CSc1ccc(CNC(=O)C(C)(C)CCCOc2cc(C)ccc2C)cc1. The summed E-state index contributed by atoms with van der Waals surface area (Å²) >= 11 is 1.72. The number of nitrogens with one attached hydrogen (secondary N) is 1. The van der Waals surface area contributed by atoms with E-state index >= 15 is 0 Å². The number of benzene rings is 2. The minimum Gasteiger partial charge on any atom is -0.493 e. The van der Waals surface area contributed by atoms with E-state index in [0.29, 0.717) is 13.2 Å². The van der Waals surface area contributed by atoms with Crippen LogP contribution in [0, 0.1) is 19.3 Å². The van der Waals surface area contributed by atoms with Gasteiger partial charge < -0.3 is 10.1 Å². The van der Waals surface area contributed by atoms with Gasteiger partial charge in [0.25, 0.3) is 0 Å². The largest absolute Gasteiger partial charge is 0.493 e. The van der Waals surface area contributed by atoms with Crippen molar-refractivity contribution in [1.29, 1.82) is 0 Å². The predicted molar refractivity (Wildman–Crippen MR) is 114 cm³/mol. The van der Waals surface area contributed by atoms with Crippen molar-refractivity contribution >= 4 is 17.7 Å². The first-order valence-corrected chi connectivity index (χ1v) is 10.7. The number of hydrogen-bond acceptors (Lipinski definition) is 3. The molecule has 1 N–H and O–H groups in total. The highest BCUT2D eigenvalue weighted by Gasteiger charge is 2.26. The third-order valence-electron chi connectivity index (χ3n) is 4.77. The van der Waals surface area contributed by atoms with Gasteiger partial charge in [0.15, 0.2) is 0 Å². The van der Waals surface area contributed by atoms with Crippen LogP contribution in [-0.4, -0.2) is 18.8 Å². The smallest absolute Gasteiger partial charge is 0.225 e. The molecule has 0 aromatic heterocycles. The van der Waals surface area contributed by atoms with E-state index < -0.39 is 5.41 Å². The van der Waals surface area contributed by atoms with E-state index in [0.717, 1.165) is 29.7 Å². The van der Waals surface area contributed by atoms with E-state index in [1.807, 2.05) is 13.8 Å². The summed E-state index contributed by atoms with van der Waals surface area (Å²) in [6.45, 7) is 9.30. The molecule has 0 spiro atoms. The molecule has 0 saturated heterocycles. The standard InChI is InChI=1S/C23H31NO2S/c1-17-7-8-18(2)21(15-17)26-14-6-13-23(3,4)22(25)24-16-19-9-11-20(27-5)12-10-19/h7-12,15H,6,13-14,16H2,1-5H3,(H,24,25). The van der Waals surface area contributed by atoms with Crippen molar-refractivity contribution in [2.75, 3.05) is 12.9 Å². The summed E-state index contributed by atoms with van der Waals surface area (Å²) in [6.07, 6.45) is 3.69. The van der Waals surface area contributed by atoms with Gasteiger partial charge in [-0.15, -0.1) is 11.8 Å². The summed E-state index contributed by atoms with van der Waals surface area (Å²) in [5.74, 6) is 1.02. The molecule has 2 rings (SSSR count). The Balaban J connectivity index is 1.77. The molecule has 0 bridgehead atoms. The Morgan fingerprint density at radius 1 is 1.11 bits per heavy atom. The van der Waals surface area contributed by atoms with Crippen LogP contribution >= 0.6 is 11.8 Å². The number of hydrogen-bond donors (Lipinski definition) is 1. The molecule has 4 heteroatoms. The Labute approximate surface area is 167 Å². The first-order valence-electron chi connectivity index (χ1n) is 9.43. The maximum Gasteiger partial charge on any atom is 0.225 e. The fraction of sp³-hybridized carbons (Fsp3) is 0.435. The molecule has 146 valence electrons. The van der Waals surface area contributed by atoms with Gasteiger partial charge in [0.05, 0.1) is 6.61 Å². The summed E-state index contributed by atoms with van der Waals surface area (Å²) in [6, 6.07) is 14.5. The van der Waals surface area contributed by atoms with Gasteiger partial charge in [-0.2, -0.15) is 0 Å². The molecule has 1 amide bonds. The van der Waals surface area contributed by atoms with E-state index in [9.17, 15) is 4.79 Å². The average molecular weight is 386 g/mol. The van der Waals surface area contributed by atoms with Crippen molar-refractivity contribution in [1.82, 2.24) is 5.32 Å². The quantitative estimate of drug-likeness (QED) is 0.456. The van der Waals surface area contributed by atoms with E-state index in [1.54, 1.807) is 11.8 Å². The molecule has 2 aromatic carbocycles. The number of carbonyl (C=O) groups excluding carboxylic acids is 1. The molecule has 0 aliphatic rings. The minimum atomic E-state index is -0.412. The summed E-state index contributed by atoms with van der Waals surface area (Å²) in [5.41, 5.74) is 3.05. The van der Waals surface area contributed by atoms with Gasteiger partial charge >= 0.3 is 0 Å². The zero-order valence-electron chi connectivity index (χ0n) is 17.1. The second-order valence-corrected chi connectivity index (χ2v) is 8.52. The van der Waals surface area contributed by atoms with Gasteiger partial charge in [-0.1, -0.05) is 38.1 Å². The highest BCUT2D eigenvalue weighted by molar-refractivity contribution is 7.98. The molecule has 2 aromatic rings. The highest BCUT2D eigenvalue weighted by Crippen LogP contribution is 2.24. The lowest BCUT2D eigenvalue weighted by atomic mass is 9.87. The van der Waals surface area contributed by atoms with E-state index in [2.05, 4.69) is 67.9 Å². The maximum atomic E-state index is 12.6. The van der Waals surface area contributed by atoms with Gasteiger partial charge in [0, 0.05) is 16.9 Å². The number of amides is 1. The third kappa shape index (κ3) is 6.62. The zero-order valence-corrected chi connectivity index (χ0v) is 17.9. The Morgan fingerprint density at radius 2 is 1.81 bits per heavy atom. The first-order chi connectivity index (χ1) is 12.8. The average Bonchev–Trinajstić information content (AvgIpc) is 2.66. The van der Waals surface area contributed by atoms with Gasteiger partial charge in [-0.05, 0) is 67.8 Å². The van der Waals surface area contributed by atoms with Crippen molar-refractivity contribution in [3.8, 4) is 5.75 Å². The number of aryl methyl sites for hydroxylation is 2. The highest BCUT2D eigenvalue weighted by atomic mass is 32.2. The van der Waals surface area contributed by atoms with Gasteiger partial charge in [0.2, 0.25) is 5.91 Å². The molecule has 0 unspecified atom stereocenters. The van der Waals surface area contributed by atoms with Crippen LogP contribution < -0.4 is 10.1 Å². The fourth-order valence-corrected chi connectivity index (χ4v) is 3.25. The third-order valence-corrected chi connectivity index (χ3v) is 5.52. The second-order valence-electron chi connectivity index (χ2n) is 7.64. The Morgan fingerprint density at radius 3 is 2.48 bits per heavy atom. The monoisotopic (exact) mass is 385 g/mol. The molecule has 0 fully saturated rings. The van der Waals surface area contributed by atoms with Crippen LogP contribution in [-0.2, 0) is 11.3 Å². The first kappa shape index (κ1) is 21.4.